The molecule has 8 nitrogen and oxygen atoms in total. The number of aromatic amines is 1. The van der Waals surface area contributed by atoms with E-state index in [4.69, 9.17) is 9.47 Å². The molecule has 2 bridgehead atoms. The summed E-state index contributed by atoms with van der Waals surface area (Å²) in [6.45, 7) is 6.38. The number of amides is 2. The summed E-state index contributed by atoms with van der Waals surface area (Å²) < 4.78 is 11.5. The lowest BCUT2D eigenvalue weighted by Gasteiger charge is -2.27. The molecule has 3 aliphatic rings. The van der Waals surface area contributed by atoms with Gasteiger partial charge in [-0.2, -0.15) is 5.10 Å². The number of rotatable bonds is 7. The van der Waals surface area contributed by atoms with Crippen LogP contribution in [0.25, 0.3) is 0 Å². The van der Waals surface area contributed by atoms with Crippen molar-refractivity contribution in [3.63, 3.8) is 0 Å². The van der Waals surface area contributed by atoms with Gasteiger partial charge in [-0.05, 0) is 19.9 Å². The molecule has 146 valence electrons. The molecule has 4 heterocycles. The van der Waals surface area contributed by atoms with E-state index in [0.717, 1.165) is 11.4 Å². The van der Waals surface area contributed by atoms with Crippen LogP contribution in [0.2, 0.25) is 0 Å². The summed E-state index contributed by atoms with van der Waals surface area (Å²) in [6.07, 6.45) is 3.58. The molecule has 3 aliphatic heterocycles. The van der Waals surface area contributed by atoms with Crippen molar-refractivity contribution in [3.8, 4) is 0 Å². The SMILES string of the molecule is CCOCCN1C[C@]23C=C[C@H](O2)[C@H](C(=O)N(C)Cc2cc(C)[nH]n2)[C@H]3C1=O. The van der Waals surface area contributed by atoms with Crippen LogP contribution < -0.4 is 0 Å². The zero-order valence-corrected chi connectivity index (χ0v) is 16.0. The van der Waals surface area contributed by atoms with E-state index in [1.807, 2.05) is 32.1 Å². The zero-order chi connectivity index (χ0) is 19.2. The third-order valence-corrected chi connectivity index (χ3v) is 5.71. The maximum absolute atomic E-state index is 13.2. The number of nitrogens with one attached hydrogen (secondary N) is 1. The highest BCUT2D eigenvalue weighted by molar-refractivity contribution is 5.93. The van der Waals surface area contributed by atoms with E-state index < -0.39 is 17.4 Å². The first-order valence-electron chi connectivity index (χ1n) is 9.45. The van der Waals surface area contributed by atoms with Crippen LogP contribution in [-0.2, 0) is 25.6 Å². The van der Waals surface area contributed by atoms with Crippen molar-refractivity contribution >= 4 is 11.8 Å². The van der Waals surface area contributed by atoms with Gasteiger partial charge in [0, 0.05) is 25.9 Å². The molecule has 1 aromatic rings. The molecule has 0 aromatic carbocycles. The molecule has 1 spiro atoms. The normalized spacial score (nSPS) is 31.0. The quantitative estimate of drug-likeness (QED) is 0.555. The lowest BCUT2D eigenvalue weighted by atomic mass is 9.76. The van der Waals surface area contributed by atoms with Crippen LogP contribution in [0.5, 0.6) is 0 Å². The van der Waals surface area contributed by atoms with Crippen molar-refractivity contribution in [2.45, 2.75) is 32.1 Å². The van der Waals surface area contributed by atoms with Gasteiger partial charge in [0.25, 0.3) is 0 Å². The molecule has 0 radical (unpaired) electrons. The number of hydrogen-bond acceptors (Lipinski definition) is 5. The molecule has 27 heavy (non-hydrogen) atoms. The van der Waals surface area contributed by atoms with Gasteiger partial charge in [-0.25, -0.2) is 0 Å². The second-order valence-electron chi connectivity index (χ2n) is 7.59. The average molecular weight is 374 g/mol. The van der Waals surface area contributed by atoms with Gasteiger partial charge in [-0.3, -0.25) is 14.7 Å². The van der Waals surface area contributed by atoms with Gasteiger partial charge < -0.3 is 19.3 Å². The van der Waals surface area contributed by atoms with Gasteiger partial charge in [0.05, 0.1) is 43.3 Å². The van der Waals surface area contributed by atoms with Crippen LogP contribution in [0.4, 0.5) is 0 Å². The first kappa shape index (κ1) is 18.2. The topological polar surface area (TPSA) is 87.8 Å². The standard InChI is InChI=1S/C19H26N4O4/c1-4-26-8-7-23-11-19-6-5-14(27-19)15(16(19)18(23)25)17(24)22(3)10-13-9-12(2)20-21-13/h5-6,9,14-16H,4,7-8,10-11H2,1-3H3,(H,20,21)/t14-,15-,16-,19-/m0/s1. The highest BCUT2D eigenvalue weighted by Gasteiger charge is 2.66. The van der Waals surface area contributed by atoms with Crippen molar-refractivity contribution in [1.29, 1.82) is 0 Å². The van der Waals surface area contributed by atoms with E-state index in [2.05, 4.69) is 10.2 Å². The zero-order valence-electron chi connectivity index (χ0n) is 16.0. The van der Waals surface area contributed by atoms with Crippen LogP contribution in [0, 0.1) is 18.8 Å². The van der Waals surface area contributed by atoms with Crippen LogP contribution in [0.1, 0.15) is 18.3 Å². The molecular weight excluding hydrogens is 348 g/mol. The lowest BCUT2D eigenvalue weighted by molar-refractivity contribution is -0.143. The number of nitrogens with zero attached hydrogens (tertiary/aromatic N) is 3. The molecule has 0 unspecified atom stereocenters. The average Bonchev–Trinajstić information content (AvgIpc) is 3.37. The number of carbonyl (C=O) groups excluding carboxylic acids is 2. The molecule has 1 N–H and O–H groups in total. The van der Waals surface area contributed by atoms with Crippen molar-refractivity contribution < 1.29 is 19.1 Å². The van der Waals surface area contributed by atoms with Crippen LogP contribution >= 0.6 is 0 Å². The Hall–Kier alpha value is -2.19. The molecule has 0 aliphatic carbocycles. The molecule has 4 rings (SSSR count). The first-order valence-corrected chi connectivity index (χ1v) is 9.45. The van der Waals surface area contributed by atoms with Crippen molar-refractivity contribution in [2.24, 2.45) is 11.8 Å². The summed E-state index contributed by atoms with van der Waals surface area (Å²) in [5.41, 5.74) is 1.08. The van der Waals surface area contributed by atoms with Gasteiger partial charge in [0.2, 0.25) is 11.8 Å². The first-order chi connectivity index (χ1) is 12.9. The fourth-order valence-corrected chi connectivity index (χ4v) is 4.50. The number of aryl methyl sites for hydroxylation is 1. The van der Waals surface area contributed by atoms with E-state index >= 15 is 0 Å². The predicted molar refractivity (Wildman–Crippen MR) is 96.6 cm³/mol. The van der Waals surface area contributed by atoms with Gasteiger partial charge in [-0.15, -0.1) is 0 Å². The largest absolute Gasteiger partial charge is 0.380 e. The number of hydrogen-bond donors (Lipinski definition) is 1. The minimum atomic E-state index is -0.669. The summed E-state index contributed by atoms with van der Waals surface area (Å²) in [6, 6.07) is 1.92. The van der Waals surface area contributed by atoms with E-state index in [9.17, 15) is 9.59 Å². The Kier molecular flexibility index (Phi) is 4.55. The maximum Gasteiger partial charge on any atom is 0.230 e. The van der Waals surface area contributed by atoms with Gasteiger partial charge in [-0.1, -0.05) is 12.2 Å². The Labute approximate surface area is 158 Å². The van der Waals surface area contributed by atoms with Gasteiger partial charge >= 0.3 is 0 Å². The Bertz CT molecular complexity index is 776. The minimum absolute atomic E-state index is 0.0103. The number of aromatic nitrogens is 2. The summed E-state index contributed by atoms with van der Waals surface area (Å²) in [5.74, 6) is -1.02. The van der Waals surface area contributed by atoms with Crippen LogP contribution in [0.15, 0.2) is 18.2 Å². The Balaban J connectivity index is 1.49. The van der Waals surface area contributed by atoms with Crippen molar-refractivity contribution in [3.05, 3.63) is 29.6 Å². The molecule has 2 saturated heterocycles. The van der Waals surface area contributed by atoms with Crippen molar-refractivity contribution in [2.75, 3.05) is 33.4 Å². The molecule has 2 amide bonds. The molecule has 1 aromatic heterocycles. The second-order valence-corrected chi connectivity index (χ2v) is 7.59. The van der Waals surface area contributed by atoms with Gasteiger partial charge in [0.15, 0.2) is 0 Å². The van der Waals surface area contributed by atoms with E-state index in [-0.39, 0.29) is 17.9 Å². The maximum atomic E-state index is 13.2. The van der Waals surface area contributed by atoms with E-state index in [1.165, 1.54) is 0 Å². The molecule has 8 heteroatoms. The summed E-state index contributed by atoms with van der Waals surface area (Å²) >= 11 is 0. The smallest absolute Gasteiger partial charge is 0.230 e. The molecule has 0 saturated carbocycles. The highest BCUT2D eigenvalue weighted by Crippen LogP contribution is 2.52. The molecular formula is C19H26N4O4. The number of likely N-dealkylation sites (tertiary alicyclic amines) is 1. The number of H-pyrrole nitrogens is 1. The lowest BCUT2D eigenvalue weighted by Crippen LogP contribution is -2.44. The van der Waals surface area contributed by atoms with Gasteiger partial charge in [0.1, 0.15) is 5.60 Å². The highest BCUT2D eigenvalue weighted by atomic mass is 16.5. The Morgan fingerprint density at radius 2 is 2.37 bits per heavy atom. The fraction of sp³-hybridized carbons (Fsp3) is 0.632. The minimum Gasteiger partial charge on any atom is -0.380 e. The van der Waals surface area contributed by atoms with Crippen molar-refractivity contribution in [1.82, 2.24) is 20.0 Å². The predicted octanol–water partition coefficient (Wildman–Crippen LogP) is 0.495. The fourth-order valence-electron chi connectivity index (χ4n) is 4.50. The Morgan fingerprint density at radius 1 is 1.56 bits per heavy atom. The summed E-state index contributed by atoms with van der Waals surface area (Å²) in [4.78, 5) is 29.6. The number of fused-ring (bicyclic) bond motifs is 1. The van der Waals surface area contributed by atoms with Crippen LogP contribution in [-0.4, -0.2) is 76.9 Å². The molecule has 4 atom stereocenters. The second kappa shape index (κ2) is 6.76. The Morgan fingerprint density at radius 3 is 3.07 bits per heavy atom. The molecule has 2 fully saturated rings. The van der Waals surface area contributed by atoms with E-state index in [0.29, 0.717) is 32.8 Å². The number of ether oxygens (including phenoxy) is 2. The third-order valence-electron chi connectivity index (χ3n) is 5.71. The van der Waals surface area contributed by atoms with E-state index in [1.54, 1.807) is 16.8 Å². The van der Waals surface area contributed by atoms with Crippen LogP contribution in [0.3, 0.4) is 0 Å². The number of carbonyl (C=O) groups is 2. The summed E-state index contributed by atoms with van der Waals surface area (Å²) in [7, 11) is 1.75. The summed E-state index contributed by atoms with van der Waals surface area (Å²) in [5, 5.41) is 7.08. The monoisotopic (exact) mass is 374 g/mol. The third kappa shape index (κ3) is 2.96.